The number of halogens is 4. The molecule has 0 saturated carbocycles. The molecule has 1 amide bonds. The maximum atomic E-state index is 13.5. The first kappa shape index (κ1) is 20.0. The summed E-state index contributed by atoms with van der Waals surface area (Å²) >= 11 is 0. The fourth-order valence-corrected chi connectivity index (χ4v) is 3.07. The van der Waals surface area contributed by atoms with Crippen molar-refractivity contribution in [1.29, 1.82) is 0 Å². The van der Waals surface area contributed by atoms with Crippen LogP contribution in [0.3, 0.4) is 0 Å². The van der Waals surface area contributed by atoms with Gasteiger partial charge in [0.1, 0.15) is 0 Å². The molecule has 2 aromatic rings. The quantitative estimate of drug-likeness (QED) is 0.710. The Hall–Kier alpha value is -2.77. The van der Waals surface area contributed by atoms with E-state index in [0.29, 0.717) is 5.69 Å². The Morgan fingerprint density at radius 3 is 2.50 bits per heavy atom. The third kappa shape index (κ3) is 4.94. The second-order valence-electron chi connectivity index (χ2n) is 6.50. The molecule has 0 unspecified atom stereocenters. The van der Waals surface area contributed by atoms with Gasteiger partial charge in [0.15, 0.2) is 11.6 Å². The van der Waals surface area contributed by atoms with Crippen LogP contribution in [0, 0.1) is 5.82 Å². The highest BCUT2D eigenvalue weighted by Crippen LogP contribution is 2.36. The van der Waals surface area contributed by atoms with E-state index in [1.807, 2.05) is 4.90 Å². The molecule has 0 radical (unpaired) electrons. The van der Waals surface area contributed by atoms with Gasteiger partial charge in [0.05, 0.1) is 30.0 Å². The number of amides is 1. The minimum atomic E-state index is -4.50. The Bertz CT molecular complexity index is 833. The smallest absolute Gasteiger partial charge is 0.416 e. The number of nitrogens with zero attached hydrogens (tertiary/aromatic N) is 1. The largest absolute Gasteiger partial charge is 0.490 e. The summed E-state index contributed by atoms with van der Waals surface area (Å²) in [5.41, 5.74) is -0.144. The number of anilines is 2. The van der Waals surface area contributed by atoms with Crippen molar-refractivity contribution >= 4 is 17.3 Å². The molecule has 0 aromatic heterocycles. The van der Waals surface area contributed by atoms with Crippen LogP contribution in [0.2, 0.25) is 0 Å². The van der Waals surface area contributed by atoms with Crippen molar-refractivity contribution < 1.29 is 27.1 Å². The first-order chi connectivity index (χ1) is 13.3. The highest BCUT2D eigenvalue weighted by Gasteiger charge is 2.32. The molecule has 0 bridgehead atoms. The van der Waals surface area contributed by atoms with E-state index in [0.717, 1.165) is 38.1 Å². The van der Waals surface area contributed by atoms with Gasteiger partial charge in [-0.3, -0.25) is 4.79 Å². The fourth-order valence-electron chi connectivity index (χ4n) is 3.07. The molecule has 1 heterocycles. The Morgan fingerprint density at radius 2 is 1.82 bits per heavy atom. The number of nitrogens with one attached hydrogen (secondary N) is 1. The van der Waals surface area contributed by atoms with Crippen LogP contribution in [-0.4, -0.2) is 25.6 Å². The van der Waals surface area contributed by atoms with Crippen molar-refractivity contribution in [3.05, 3.63) is 53.8 Å². The lowest BCUT2D eigenvalue weighted by atomic mass is 10.1. The zero-order valence-electron chi connectivity index (χ0n) is 15.1. The van der Waals surface area contributed by atoms with E-state index in [1.54, 1.807) is 6.07 Å². The first-order valence-electron chi connectivity index (χ1n) is 8.98. The summed E-state index contributed by atoms with van der Waals surface area (Å²) in [4.78, 5) is 14.2. The number of hydrogen-bond donors (Lipinski definition) is 1. The van der Waals surface area contributed by atoms with E-state index in [1.165, 1.54) is 24.3 Å². The lowest BCUT2D eigenvalue weighted by Gasteiger charge is -2.23. The molecule has 150 valence electrons. The first-order valence-corrected chi connectivity index (χ1v) is 8.98. The van der Waals surface area contributed by atoms with Crippen LogP contribution in [0.15, 0.2) is 42.5 Å². The van der Waals surface area contributed by atoms with E-state index in [9.17, 15) is 22.4 Å². The van der Waals surface area contributed by atoms with Gasteiger partial charge in [-0.25, -0.2) is 4.39 Å². The third-order valence-electron chi connectivity index (χ3n) is 4.47. The molecule has 0 atom stereocenters. The van der Waals surface area contributed by atoms with Crippen LogP contribution in [0.4, 0.5) is 28.9 Å². The molecule has 0 spiro atoms. The number of para-hydroxylation sites is 1. The van der Waals surface area contributed by atoms with Crippen molar-refractivity contribution in [3.8, 4) is 5.75 Å². The Balaban J connectivity index is 1.68. The standard InChI is InChI=1S/C20H20F4N2O2/c21-15-5-1-2-6-18(15)28-12-9-19(27)25-16-13-14(20(22,23)24)7-8-17(16)26-10-3-4-11-26/h1-2,5-8,13H,3-4,9-12H2,(H,25,27). The summed E-state index contributed by atoms with van der Waals surface area (Å²) in [7, 11) is 0. The van der Waals surface area contributed by atoms with Gasteiger partial charge < -0.3 is 15.0 Å². The van der Waals surface area contributed by atoms with Crippen molar-refractivity contribution in [2.24, 2.45) is 0 Å². The molecular formula is C20H20F4N2O2. The Labute approximate surface area is 160 Å². The topological polar surface area (TPSA) is 41.6 Å². The second kappa shape index (κ2) is 8.50. The molecule has 1 N–H and O–H groups in total. The monoisotopic (exact) mass is 396 g/mol. The van der Waals surface area contributed by atoms with E-state index >= 15 is 0 Å². The molecule has 0 aliphatic carbocycles. The van der Waals surface area contributed by atoms with Gasteiger partial charge in [0, 0.05) is 13.1 Å². The summed E-state index contributed by atoms with van der Waals surface area (Å²) in [6.07, 6.45) is -2.73. The Morgan fingerprint density at radius 1 is 1.11 bits per heavy atom. The van der Waals surface area contributed by atoms with E-state index in [4.69, 9.17) is 4.74 Å². The molecule has 1 aliphatic heterocycles. The minimum Gasteiger partial charge on any atom is -0.490 e. The van der Waals surface area contributed by atoms with Crippen LogP contribution in [0.25, 0.3) is 0 Å². The van der Waals surface area contributed by atoms with Crippen LogP contribution >= 0.6 is 0 Å². The SMILES string of the molecule is O=C(CCOc1ccccc1F)Nc1cc(C(F)(F)F)ccc1N1CCCC1. The average Bonchev–Trinajstić information content (AvgIpc) is 3.17. The molecule has 1 saturated heterocycles. The zero-order chi connectivity index (χ0) is 20.1. The molecule has 8 heteroatoms. The van der Waals surface area contributed by atoms with Gasteiger partial charge in [0.2, 0.25) is 5.91 Å². The number of hydrogen-bond acceptors (Lipinski definition) is 3. The molecule has 2 aromatic carbocycles. The summed E-state index contributed by atoms with van der Waals surface area (Å²) in [5.74, 6) is -1.03. The van der Waals surface area contributed by atoms with Gasteiger partial charge in [-0.15, -0.1) is 0 Å². The average molecular weight is 396 g/mol. The Kier molecular flexibility index (Phi) is 6.06. The van der Waals surface area contributed by atoms with Crippen molar-refractivity contribution in [2.45, 2.75) is 25.4 Å². The van der Waals surface area contributed by atoms with E-state index in [-0.39, 0.29) is 24.5 Å². The number of benzene rings is 2. The molecule has 28 heavy (non-hydrogen) atoms. The maximum absolute atomic E-state index is 13.5. The number of alkyl halides is 3. The lowest BCUT2D eigenvalue weighted by Crippen LogP contribution is -2.22. The van der Waals surface area contributed by atoms with Gasteiger partial charge in [0.25, 0.3) is 0 Å². The van der Waals surface area contributed by atoms with Crippen molar-refractivity contribution in [2.75, 3.05) is 29.9 Å². The molecular weight excluding hydrogens is 376 g/mol. The van der Waals surface area contributed by atoms with Gasteiger partial charge in [-0.2, -0.15) is 13.2 Å². The summed E-state index contributed by atoms with van der Waals surface area (Å²) in [5, 5.41) is 2.55. The second-order valence-corrected chi connectivity index (χ2v) is 6.50. The van der Waals surface area contributed by atoms with E-state index in [2.05, 4.69) is 5.32 Å². The predicted molar refractivity (Wildman–Crippen MR) is 98.0 cm³/mol. The number of carbonyl (C=O) groups is 1. The van der Waals surface area contributed by atoms with Gasteiger partial charge in [-0.05, 0) is 43.2 Å². The number of carbonyl (C=O) groups excluding carboxylic acids is 1. The van der Waals surface area contributed by atoms with Crippen molar-refractivity contribution in [1.82, 2.24) is 0 Å². The number of rotatable bonds is 6. The molecule has 1 aliphatic rings. The van der Waals surface area contributed by atoms with Crippen LogP contribution in [-0.2, 0) is 11.0 Å². The third-order valence-corrected chi connectivity index (χ3v) is 4.47. The highest BCUT2D eigenvalue weighted by molar-refractivity contribution is 5.94. The van der Waals surface area contributed by atoms with Crippen molar-refractivity contribution in [3.63, 3.8) is 0 Å². The zero-order valence-corrected chi connectivity index (χ0v) is 15.1. The normalized spacial score (nSPS) is 14.2. The molecule has 1 fully saturated rings. The lowest BCUT2D eigenvalue weighted by molar-refractivity contribution is -0.137. The van der Waals surface area contributed by atoms with Gasteiger partial charge >= 0.3 is 6.18 Å². The highest BCUT2D eigenvalue weighted by atomic mass is 19.4. The van der Waals surface area contributed by atoms with Crippen LogP contribution in [0.5, 0.6) is 5.75 Å². The predicted octanol–water partition coefficient (Wildman–Crippen LogP) is 4.85. The summed E-state index contributed by atoms with van der Waals surface area (Å²) in [6, 6.07) is 9.14. The van der Waals surface area contributed by atoms with Crippen LogP contribution in [0.1, 0.15) is 24.8 Å². The summed E-state index contributed by atoms with van der Waals surface area (Å²) in [6.45, 7) is 1.36. The minimum absolute atomic E-state index is 0.0205. The maximum Gasteiger partial charge on any atom is 0.416 e. The van der Waals surface area contributed by atoms with Crippen LogP contribution < -0.4 is 15.0 Å². The fraction of sp³-hybridized carbons (Fsp3) is 0.350. The number of ether oxygens (including phenoxy) is 1. The molecule has 4 nitrogen and oxygen atoms in total. The van der Waals surface area contributed by atoms with E-state index < -0.39 is 23.5 Å². The summed E-state index contributed by atoms with van der Waals surface area (Å²) < 4.78 is 57.9. The van der Waals surface area contributed by atoms with Gasteiger partial charge in [-0.1, -0.05) is 12.1 Å². The molecule has 3 rings (SSSR count).